The van der Waals surface area contributed by atoms with Crippen molar-refractivity contribution in [1.29, 1.82) is 0 Å². The number of hydrogen-bond acceptors (Lipinski definition) is 3. The Morgan fingerprint density at radius 3 is 2.74 bits per heavy atom. The molecule has 3 nitrogen and oxygen atoms in total. The fourth-order valence-electron chi connectivity index (χ4n) is 3.42. The molecule has 0 bridgehead atoms. The summed E-state index contributed by atoms with van der Waals surface area (Å²) in [5.74, 6) is 2.24. The first-order valence-corrected chi connectivity index (χ1v) is 8.13. The van der Waals surface area contributed by atoms with Gasteiger partial charge in [-0.05, 0) is 44.1 Å². The van der Waals surface area contributed by atoms with E-state index in [1.54, 1.807) is 0 Å². The molecule has 4 atom stereocenters. The Kier molecular flexibility index (Phi) is 6.11. The maximum Gasteiger partial charge on any atom is 0.0730 e. The van der Waals surface area contributed by atoms with Crippen LogP contribution >= 0.6 is 0 Å². The first-order valence-electron chi connectivity index (χ1n) is 8.13. The van der Waals surface area contributed by atoms with Crippen LogP contribution in [0.5, 0.6) is 0 Å². The SMILES string of the molecule is CCNC1CCC(C(C)C)CC1OCC1CCOC1. The maximum absolute atomic E-state index is 6.27. The minimum absolute atomic E-state index is 0.404. The highest BCUT2D eigenvalue weighted by Gasteiger charge is 2.32. The monoisotopic (exact) mass is 269 g/mol. The summed E-state index contributed by atoms with van der Waals surface area (Å²) in [7, 11) is 0. The molecule has 3 heteroatoms. The Labute approximate surface area is 118 Å². The number of likely N-dealkylation sites (N-methyl/N-ethyl adjacent to an activating group) is 1. The van der Waals surface area contributed by atoms with Crippen LogP contribution in [0.1, 0.15) is 46.5 Å². The van der Waals surface area contributed by atoms with Gasteiger partial charge in [0, 0.05) is 18.6 Å². The van der Waals surface area contributed by atoms with Crippen LogP contribution < -0.4 is 5.32 Å². The first kappa shape index (κ1) is 15.3. The minimum atomic E-state index is 0.404. The highest BCUT2D eigenvalue weighted by molar-refractivity contribution is 4.87. The molecule has 1 N–H and O–H groups in total. The molecule has 0 aromatic rings. The summed E-state index contributed by atoms with van der Waals surface area (Å²) in [4.78, 5) is 0. The fraction of sp³-hybridized carbons (Fsp3) is 1.00. The van der Waals surface area contributed by atoms with Crippen molar-refractivity contribution >= 4 is 0 Å². The summed E-state index contributed by atoms with van der Waals surface area (Å²) in [6, 6.07) is 0.558. The van der Waals surface area contributed by atoms with Gasteiger partial charge in [-0.1, -0.05) is 20.8 Å². The van der Waals surface area contributed by atoms with E-state index in [1.165, 1.54) is 25.7 Å². The molecular formula is C16H31NO2. The summed E-state index contributed by atoms with van der Waals surface area (Å²) in [6.45, 7) is 10.6. The van der Waals surface area contributed by atoms with Crippen LogP contribution in [0.25, 0.3) is 0 Å². The summed E-state index contributed by atoms with van der Waals surface area (Å²) in [5, 5.41) is 3.61. The van der Waals surface area contributed by atoms with Crippen molar-refractivity contribution in [1.82, 2.24) is 5.32 Å². The van der Waals surface area contributed by atoms with Crippen LogP contribution in [0, 0.1) is 17.8 Å². The third kappa shape index (κ3) is 4.44. The molecule has 1 saturated carbocycles. The lowest BCUT2D eigenvalue weighted by Crippen LogP contribution is -2.46. The molecular weight excluding hydrogens is 238 g/mol. The number of ether oxygens (including phenoxy) is 2. The number of nitrogens with one attached hydrogen (secondary N) is 1. The lowest BCUT2D eigenvalue weighted by Gasteiger charge is -2.38. The second-order valence-corrected chi connectivity index (χ2v) is 6.58. The van der Waals surface area contributed by atoms with Crippen molar-refractivity contribution < 1.29 is 9.47 Å². The molecule has 1 aliphatic heterocycles. The van der Waals surface area contributed by atoms with Gasteiger partial charge in [-0.2, -0.15) is 0 Å². The molecule has 0 spiro atoms. The molecule has 2 rings (SSSR count). The van der Waals surface area contributed by atoms with E-state index in [1.807, 2.05) is 0 Å². The van der Waals surface area contributed by atoms with Crippen LogP contribution in [-0.2, 0) is 9.47 Å². The van der Waals surface area contributed by atoms with Gasteiger partial charge < -0.3 is 14.8 Å². The molecule has 1 heterocycles. The van der Waals surface area contributed by atoms with Gasteiger partial charge in [0.2, 0.25) is 0 Å². The molecule has 0 aromatic carbocycles. The smallest absolute Gasteiger partial charge is 0.0730 e. The van der Waals surface area contributed by atoms with Gasteiger partial charge in [0.25, 0.3) is 0 Å². The van der Waals surface area contributed by atoms with Crippen LogP contribution in [0.2, 0.25) is 0 Å². The number of rotatable bonds is 6. The van der Waals surface area contributed by atoms with Gasteiger partial charge in [0.15, 0.2) is 0 Å². The quantitative estimate of drug-likeness (QED) is 0.804. The molecule has 4 unspecified atom stereocenters. The predicted octanol–water partition coefficient (Wildman–Crippen LogP) is 2.84. The molecule has 19 heavy (non-hydrogen) atoms. The summed E-state index contributed by atoms with van der Waals surface area (Å²) < 4.78 is 11.7. The van der Waals surface area contributed by atoms with E-state index in [0.29, 0.717) is 18.1 Å². The van der Waals surface area contributed by atoms with Gasteiger partial charge in [-0.25, -0.2) is 0 Å². The zero-order valence-corrected chi connectivity index (χ0v) is 12.9. The van der Waals surface area contributed by atoms with E-state index in [0.717, 1.165) is 38.2 Å². The van der Waals surface area contributed by atoms with Crippen LogP contribution in [0.4, 0.5) is 0 Å². The highest BCUT2D eigenvalue weighted by Crippen LogP contribution is 2.32. The topological polar surface area (TPSA) is 30.5 Å². The van der Waals surface area contributed by atoms with Crippen molar-refractivity contribution in [3.8, 4) is 0 Å². The Morgan fingerprint density at radius 1 is 1.26 bits per heavy atom. The van der Waals surface area contributed by atoms with Gasteiger partial charge in [-0.3, -0.25) is 0 Å². The largest absolute Gasteiger partial charge is 0.381 e. The van der Waals surface area contributed by atoms with Crippen LogP contribution in [-0.4, -0.2) is 38.5 Å². The second-order valence-electron chi connectivity index (χ2n) is 6.58. The molecule has 0 radical (unpaired) electrons. The number of hydrogen-bond donors (Lipinski definition) is 1. The van der Waals surface area contributed by atoms with E-state index in [4.69, 9.17) is 9.47 Å². The average molecular weight is 269 g/mol. The molecule has 0 aromatic heterocycles. The zero-order valence-electron chi connectivity index (χ0n) is 12.9. The Bertz CT molecular complexity index is 251. The standard InChI is InChI=1S/C16H31NO2/c1-4-17-15-6-5-14(12(2)3)9-16(15)19-11-13-7-8-18-10-13/h12-17H,4-11H2,1-3H3. The van der Waals surface area contributed by atoms with E-state index >= 15 is 0 Å². The lowest BCUT2D eigenvalue weighted by molar-refractivity contribution is -0.0316. The third-order valence-electron chi connectivity index (χ3n) is 4.81. The van der Waals surface area contributed by atoms with E-state index < -0.39 is 0 Å². The minimum Gasteiger partial charge on any atom is -0.381 e. The van der Waals surface area contributed by atoms with Gasteiger partial charge in [0.1, 0.15) is 0 Å². The lowest BCUT2D eigenvalue weighted by atomic mass is 9.78. The van der Waals surface area contributed by atoms with Crippen molar-refractivity contribution in [2.24, 2.45) is 17.8 Å². The predicted molar refractivity (Wildman–Crippen MR) is 78.3 cm³/mol. The maximum atomic E-state index is 6.27. The van der Waals surface area contributed by atoms with Gasteiger partial charge in [0.05, 0.1) is 19.3 Å². The van der Waals surface area contributed by atoms with E-state index in [9.17, 15) is 0 Å². The third-order valence-corrected chi connectivity index (χ3v) is 4.81. The van der Waals surface area contributed by atoms with Crippen LogP contribution in [0.3, 0.4) is 0 Å². The van der Waals surface area contributed by atoms with E-state index in [2.05, 4.69) is 26.1 Å². The Morgan fingerprint density at radius 2 is 2.11 bits per heavy atom. The fourth-order valence-corrected chi connectivity index (χ4v) is 3.42. The summed E-state index contributed by atoms with van der Waals surface area (Å²) in [5.41, 5.74) is 0. The molecule has 0 amide bonds. The Hall–Kier alpha value is -0.120. The zero-order chi connectivity index (χ0) is 13.7. The first-order chi connectivity index (χ1) is 9.20. The van der Waals surface area contributed by atoms with Crippen molar-refractivity contribution in [2.75, 3.05) is 26.4 Å². The summed E-state index contributed by atoms with van der Waals surface area (Å²) in [6.07, 6.45) is 5.42. The normalized spacial score (nSPS) is 36.0. The molecule has 1 saturated heterocycles. The van der Waals surface area contributed by atoms with Gasteiger partial charge in [-0.15, -0.1) is 0 Å². The van der Waals surface area contributed by atoms with Crippen molar-refractivity contribution in [2.45, 2.75) is 58.6 Å². The molecule has 2 fully saturated rings. The van der Waals surface area contributed by atoms with Crippen molar-refractivity contribution in [3.05, 3.63) is 0 Å². The molecule has 2 aliphatic rings. The average Bonchev–Trinajstić information content (AvgIpc) is 2.90. The van der Waals surface area contributed by atoms with Crippen LogP contribution in [0.15, 0.2) is 0 Å². The van der Waals surface area contributed by atoms with E-state index in [-0.39, 0.29) is 0 Å². The molecule has 1 aliphatic carbocycles. The highest BCUT2D eigenvalue weighted by atomic mass is 16.5. The molecule has 112 valence electrons. The van der Waals surface area contributed by atoms with Gasteiger partial charge >= 0.3 is 0 Å². The summed E-state index contributed by atoms with van der Waals surface area (Å²) >= 11 is 0. The second kappa shape index (κ2) is 7.61. The van der Waals surface area contributed by atoms with Crippen molar-refractivity contribution in [3.63, 3.8) is 0 Å². The Balaban J connectivity index is 1.83.